The van der Waals surface area contributed by atoms with E-state index in [1.165, 1.54) is 69.2 Å². The molecule has 0 spiro atoms. The lowest BCUT2D eigenvalue weighted by Crippen LogP contribution is -1.98. The molecular formula is C23H32O5S. The number of aryl methyl sites for hydroxylation is 1. The minimum Gasteiger partial charge on any atom is -0.508 e. The minimum absolute atomic E-state index is 0.0850. The van der Waals surface area contributed by atoms with Crippen molar-refractivity contribution in [1.29, 1.82) is 0 Å². The van der Waals surface area contributed by atoms with Gasteiger partial charge in [-0.05, 0) is 36.6 Å². The lowest BCUT2D eigenvalue weighted by molar-refractivity contribution is 0.448. The molecule has 160 valence electrons. The number of unbranched alkanes of at least 4 members (excludes halogenated alkanes) is 8. The van der Waals surface area contributed by atoms with Gasteiger partial charge < -0.3 is 9.84 Å². The van der Waals surface area contributed by atoms with Crippen molar-refractivity contribution in [1.82, 2.24) is 0 Å². The molecule has 0 unspecified atom stereocenters. The summed E-state index contributed by atoms with van der Waals surface area (Å²) >= 11 is 0. The fourth-order valence-electron chi connectivity index (χ4n) is 3.30. The first-order chi connectivity index (χ1) is 13.9. The first-order valence-corrected chi connectivity index (χ1v) is 11.9. The van der Waals surface area contributed by atoms with Gasteiger partial charge in [0, 0.05) is 12.1 Å². The summed E-state index contributed by atoms with van der Waals surface area (Å²) in [6, 6.07) is 10.7. The quantitative estimate of drug-likeness (QED) is 0.285. The van der Waals surface area contributed by atoms with Crippen molar-refractivity contribution in [2.45, 2.75) is 76.0 Å². The highest BCUT2D eigenvalue weighted by Crippen LogP contribution is 2.31. The SMILES string of the molecule is CCCCCCCCCCCc1ccc(O)cc1Oc1cccc(S(=O)(=O)O)c1. The lowest BCUT2D eigenvalue weighted by Gasteiger charge is -2.12. The highest BCUT2D eigenvalue weighted by molar-refractivity contribution is 7.85. The predicted octanol–water partition coefficient (Wildman–Crippen LogP) is 6.50. The first-order valence-electron chi connectivity index (χ1n) is 10.5. The van der Waals surface area contributed by atoms with Crippen LogP contribution < -0.4 is 4.74 Å². The topological polar surface area (TPSA) is 83.8 Å². The molecule has 2 N–H and O–H groups in total. The third-order valence-corrected chi connectivity index (χ3v) is 5.78. The average Bonchev–Trinajstić information content (AvgIpc) is 2.68. The smallest absolute Gasteiger partial charge is 0.294 e. The van der Waals surface area contributed by atoms with Crippen LogP contribution in [0.25, 0.3) is 0 Å². The molecule has 0 aromatic heterocycles. The van der Waals surface area contributed by atoms with Gasteiger partial charge in [-0.2, -0.15) is 8.42 Å². The molecule has 0 aliphatic carbocycles. The third-order valence-electron chi connectivity index (χ3n) is 4.93. The Hall–Kier alpha value is -2.05. The highest BCUT2D eigenvalue weighted by atomic mass is 32.2. The second-order valence-electron chi connectivity index (χ2n) is 7.42. The maximum atomic E-state index is 11.3. The molecular weight excluding hydrogens is 388 g/mol. The standard InChI is InChI=1S/C23H32O5S/c1-2-3-4-5-6-7-8-9-10-12-19-15-16-20(24)17-23(19)28-21-13-11-14-22(18-21)29(25,26)27/h11,13-18,24H,2-10,12H2,1H3,(H,25,26,27). The Morgan fingerprint density at radius 2 is 1.52 bits per heavy atom. The molecule has 5 nitrogen and oxygen atoms in total. The molecule has 0 saturated heterocycles. The number of aromatic hydroxyl groups is 1. The summed E-state index contributed by atoms with van der Waals surface area (Å²) in [6.07, 6.45) is 12.1. The summed E-state index contributed by atoms with van der Waals surface area (Å²) in [5.41, 5.74) is 0.961. The molecule has 6 heteroatoms. The molecule has 0 bridgehead atoms. The van der Waals surface area contributed by atoms with Crippen LogP contribution in [0.3, 0.4) is 0 Å². The number of phenolic OH excluding ortho intramolecular Hbond substituents is 1. The van der Waals surface area contributed by atoms with Crippen LogP contribution in [0.5, 0.6) is 17.2 Å². The van der Waals surface area contributed by atoms with Crippen LogP contribution in [-0.4, -0.2) is 18.1 Å². The van der Waals surface area contributed by atoms with E-state index in [1.54, 1.807) is 12.1 Å². The average molecular weight is 421 g/mol. The van der Waals surface area contributed by atoms with Crippen molar-refractivity contribution in [3.8, 4) is 17.2 Å². The summed E-state index contributed by atoms with van der Waals surface area (Å²) < 4.78 is 37.7. The van der Waals surface area contributed by atoms with Gasteiger partial charge >= 0.3 is 0 Å². The predicted molar refractivity (Wildman–Crippen MR) is 115 cm³/mol. The number of hydrogen-bond acceptors (Lipinski definition) is 4. The van der Waals surface area contributed by atoms with Crippen molar-refractivity contribution < 1.29 is 22.8 Å². The first kappa shape index (κ1) is 23.2. The molecule has 2 rings (SSSR count). The molecule has 29 heavy (non-hydrogen) atoms. The van der Waals surface area contributed by atoms with E-state index in [2.05, 4.69) is 6.92 Å². The zero-order valence-electron chi connectivity index (χ0n) is 17.1. The molecule has 0 saturated carbocycles. The Balaban J connectivity index is 1.90. The van der Waals surface area contributed by atoms with Crippen LogP contribution in [0, 0.1) is 0 Å². The summed E-state index contributed by atoms with van der Waals surface area (Å²) in [6.45, 7) is 2.23. The maximum Gasteiger partial charge on any atom is 0.294 e. The van der Waals surface area contributed by atoms with E-state index in [-0.39, 0.29) is 10.6 Å². The molecule has 0 aliphatic rings. The van der Waals surface area contributed by atoms with E-state index >= 15 is 0 Å². The van der Waals surface area contributed by atoms with E-state index in [1.807, 2.05) is 6.07 Å². The summed E-state index contributed by atoms with van der Waals surface area (Å²) in [4.78, 5) is -0.226. The van der Waals surface area contributed by atoms with Gasteiger partial charge in [-0.1, -0.05) is 70.4 Å². The summed E-state index contributed by atoms with van der Waals surface area (Å²) in [5.74, 6) is 0.873. The van der Waals surface area contributed by atoms with Crippen LogP contribution in [0.1, 0.15) is 70.3 Å². The maximum absolute atomic E-state index is 11.3. The van der Waals surface area contributed by atoms with Gasteiger partial charge in [0.1, 0.15) is 17.2 Å². The Bertz CT molecular complexity index is 861. The van der Waals surface area contributed by atoms with Crippen LogP contribution in [-0.2, 0) is 16.5 Å². The van der Waals surface area contributed by atoms with Crippen molar-refractivity contribution >= 4 is 10.1 Å². The number of hydrogen-bond donors (Lipinski definition) is 2. The van der Waals surface area contributed by atoms with Gasteiger partial charge in [0.05, 0.1) is 4.90 Å². The van der Waals surface area contributed by atoms with Crippen LogP contribution in [0.4, 0.5) is 0 Å². The monoisotopic (exact) mass is 420 g/mol. The zero-order chi connectivity index (χ0) is 21.1. The zero-order valence-corrected chi connectivity index (χ0v) is 18.0. The fourth-order valence-corrected chi connectivity index (χ4v) is 3.81. The number of rotatable bonds is 13. The number of ether oxygens (including phenoxy) is 1. The molecule has 0 radical (unpaired) electrons. The largest absolute Gasteiger partial charge is 0.508 e. The van der Waals surface area contributed by atoms with E-state index < -0.39 is 10.1 Å². The van der Waals surface area contributed by atoms with E-state index in [0.717, 1.165) is 24.8 Å². The molecule has 2 aromatic carbocycles. The molecule has 0 aliphatic heterocycles. The fraction of sp³-hybridized carbons (Fsp3) is 0.478. The normalized spacial score (nSPS) is 11.5. The van der Waals surface area contributed by atoms with Gasteiger partial charge in [0.15, 0.2) is 0 Å². The van der Waals surface area contributed by atoms with Crippen molar-refractivity contribution in [3.05, 3.63) is 48.0 Å². The second-order valence-corrected chi connectivity index (χ2v) is 8.84. The highest BCUT2D eigenvalue weighted by Gasteiger charge is 2.12. The molecule has 0 fully saturated rings. The van der Waals surface area contributed by atoms with Gasteiger partial charge in [0.25, 0.3) is 10.1 Å². The Morgan fingerprint density at radius 3 is 2.17 bits per heavy atom. The van der Waals surface area contributed by atoms with Gasteiger partial charge in [-0.3, -0.25) is 4.55 Å². The van der Waals surface area contributed by atoms with Crippen molar-refractivity contribution in [2.75, 3.05) is 0 Å². The van der Waals surface area contributed by atoms with E-state index in [0.29, 0.717) is 11.5 Å². The number of benzene rings is 2. The second kappa shape index (κ2) is 11.8. The lowest BCUT2D eigenvalue weighted by atomic mass is 10.0. The minimum atomic E-state index is -4.30. The van der Waals surface area contributed by atoms with Crippen molar-refractivity contribution in [2.24, 2.45) is 0 Å². The Morgan fingerprint density at radius 1 is 0.862 bits per heavy atom. The van der Waals surface area contributed by atoms with Gasteiger partial charge in [-0.15, -0.1) is 0 Å². The van der Waals surface area contributed by atoms with Crippen LogP contribution >= 0.6 is 0 Å². The van der Waals surface area contributed by atoms with Crippen molar-refractivity contribution in [3.63, 3.8) is 0 Å². The molecule has 0 atom stereocenters. The Labute approximate surface area is 174 Å². The molecule has 2 aromatic rings. The van der Waals surface area contributed by atoms with E-state index in [9.17, 15) is 18.1 Å². The van der Waals surface area contributed by atoms with Crippen LogP contribution in [0.2, 0.25) is 0 Å². The number of phenols is 1. The van der Waals surface area contributed by atoms with Crippen LogP contribution in [0.15, 0.2) is 47.4 Å². The molecule has 0 amide bonds. The van der Waals surface area contributed by atoms with Gasteiger partial charge in [-0.25, -0.2) is 0 Å². The summed E-state index contributed by atoms with van der Waals surface area (Å²) in [7, 11) is -4.30. The third kappa shape index (κ3) is 8.46. The Kier molecular flexibility index (Phi) is 9.48. The molecule has 0 heterocycles. The van der Waals surface area contributed by atoms with E-state index in [4.69, 9.17) is 4.74 Å². The summed E-state index contributed by atoms with van der Waals surface area (Å²) in [5, 5.41) is 9.81. The van der Waals surface area contributed by atoms with Gasteiger partial charge in [0.2, 0.25) is 0 Å².